The number of halogens is 1. The van der Waals surface area contributed by atoms with Gasteiger partial charge in [0.05, 0.1) is 4.92 Å². The molecule has 96 valence electrons. The predicted octanol–water partition coefficient (Wildman–Crippen LogP) is 1.81. The number of hydrogen-bond acceptors (Lipinski definition) is 5. The number of aromatic nitrogens is 2. The first-order valence-corrected chi connectivity index (χ1v) is 6.11. The molecule has 0 spiro atoms. The normalized spacial score (nSPS) is 9.74. The lowest BCUT2D eigenvalue weighted by Gasteiger charge is -1.94. The van der Waals surface area contributed by atoms with Crippen LogP contribution in [0.4, 0.5) is 5.69 Å². The predicted molar refractivity (Wildman–Crippen MR) is 74.6 cm³/mol. The summed E-state index contributed by atoms with van der Waals surface area (Å²) in [6, 6.07) is 5.58. The topological polar surface area (TPSA) is 91.2 Å². The van der Waals surface area contributed by atoms with Gasteiger partial charge in [-0.15, -0.1) is 5.10 Å². The summed E-state index contributed by atoms with van der Waals surface area (Å²) in [4.78, 5) is 21.5. The van der Waals surface area contributed by atoms with E-state index in [1.54, 1.807) is 0 Å². The average Bonchev–Trinajstić information content (AvgIpc) is 2.78. The number of nitrogens with zero attached hydrogens (tertiary/aromatic N) is 3. The van der Waals surface area contributed by atoms with Gasteiger partial charge in [-0.3, -0.25) is 10.1 Å². The van der Waals surface area contributed by atoms with Crippen LogP contribution in [0.25, 0.3) is 11.5 Å². The molecule has 0 saturated carbocycles. The molecule has 0 N–H and O–H groups in total. The van der Waals surface area contributed by atoms with Gasteiger partial charge in [0.25, 0.3) is 5.69 Å². The molecule has 0 saturated heterocycles. The van der Waals surface area contributed by atoms with Gasteiger partial charge < -0.3 is 4.42 Å². The molecule has 1 heterocycles. The summed E-state index contributed by atoms with van der Waals surface area (Å²) in [6.07, 6.45) is 0. The standard InChI is InChI=1S/C11H6IN3O4/c12-6-1-7-14-11(16)19-10(13-14)8-2-4-9(5-3-8)15(17)18/h2-5H,7H2. The van der Waals surface area contributed by atoms with E-state index in [0.717, 1.165) is 4.68 Å². The van der Waals surface area contributed by atoms with Crippen LogP contribution in [-0.4, -0.2) is 14.7 Å². The van der Waals surface area contributed by atoms with Gasteiger partial charge >= 0.3 is 5.76 Å². The minimum atomic E-state index is -0.618. The molecule has 8 heteroatoms. The molecule has 0 amide bonds. The lowest BCUT2D eigenvalue weighted by molar-refractivity contribution is -0.384. The van der Waals surface area contributed by atoms with Crippen LogP contribution >= 0.6 is 22.6 Å². The first-order chi connectivity index (χ1) is 9.11. The molecule has 1 aromatic heterocycles. The Morgan fingerprint density at radius 2 is 2.11 bits per heavy atom. The third-order valence-electron chi connectivity index (χ3n) is 2.23. The van der Waals surface area contributed by atoms with Crippen molar-refractivity contribution >= 4 is 28.3 Å². The van der Waals surface area contributed by atoms with Crippen LogP contribution in [0.5, 0.6) is 0 Å². The molecule has 0 aliphatic rings. The highest BCUT2D eigenvalue weighted by atomic mass is 127. The highest BCUT2D eigenvalue weighted by Gasteiger charge is 2.11. The third-order valence-corrected chi connectivity index (χ3v) is 2.61. The van der Waals surface area contributed by atoms with E-state index < -0.39 is 10.7 Å². The van der Waals surface area contributed by atoms with Gasteiger partial charge in [0.2, 0.25) is 5.89 Å². The Labute approximate surface area is 120 Å². The van der Waals surface area contributed by atoms with Gasteiger partial charge in [-0.2, -0.15) is 4.68 Å². The van der Waals surface area contributed by atoms with Crippen molar-refractivity contribution in [1.29, 1.82) is 0 Å². The molecule has 2 aromatic rings. The quantitative estimate of drug-likeness (QED) is 0.355. The second kappa shape index (κ2) is 5.66. The minimum absolute atomic E-state index is 0.0405. The van der Waals surface area contributed by atoms with Crippen molar-refractivity contribution in [2.45, 2.75) is 6.54 Å². The van der Waals surface area contributed by atoms with E-state index in [9.17, 15) is 14.9 Å². The van der Waals surface area contributed by atoms with E-state index in [1.807, 2.05) is 22.6 Å². The largest absolute Gasteiger partial charge is 0.438 e. The summed E-state index contributed by atoms with van der Waals surface area (Å²) in [5, 5.41) is 14.5. The third kappa shape index (κ3) is 3.00. The van der Waals surface area contributed by atoms with E-state index in [1.165, 1.54) is 24.3 Å². The summed E-state index contributed by atoms with van der Waals surface area (Å²) in [5.74, 6) is 2.17. The fourth-order valence-electron chi connectivity index (χ4n) is 1.35. The summed E-state index contributed by atoms with van der Waals surface area (Å²) >= 11 is 1.86. The second-order valence-electron chi connectivity index (χ2n) is 3.41. The Morgan fingerprint density at radius 3 is 2.68 bits per heavy atom. The van der Waals surface area contributed by atoms with Gasteiger partial charge in [-0.05, 0) is 16.1 Å². The first kappa shape index (κ1) is 13.3. The van der Waals surface area contributed by atoms with Crippen molar-refractivity contribution in [2.24, 2.45) is 0 Å². The summed E-state index contributed by atoms with van der Waals surface area (Å²) in [7, 11) is 0. The number of nitro groups is 1. The zero-order chi connectivity index (χ0) is 13.8. The lowest BCUT2D eigenvalue weighted by Crippen LogP contribution is -2.14. The van der Waals surface area contributed by atoms with Gasteiger partial charge in [-0.1, -0.05) is 5.92 Å². The van der Waals surface area contributed by atoms with Crippen LogP contribution in [0, 0.1) is 20.0 Å². The Bertz CT molecular complexity index is 721. The summed E-state index contributed by atoms with van der Waals surface area (Å²) < 4.78 is 8.66. The molecule has 19 heavy (non-hydrogen) atoms. The highest BCUT2D eigenvalue weighted by Crippen LogP contribution is 2.19. The maximum absolute atomic E-state index is 11.4. The van der Waals surface area contributed by atoms with Gasteiger partial charge in [-0.25, -0.2) is 4.79 Å². The SMILES string of the molecule is O=c1oc(-c2ccc([N+](=O)[O-])cc2)nn1CC#CI. The molecule has 0 fully saturated rings. The minimum Gasteiger partial charge on any atom is -0.388 e. The maximum Gasteiger partial charge on any atom is 0.438 e. The molecule has 0 aliphatic heterocycles. The lowest BCUT2D eigenvalue weighted by atomic mass is 10.2. The fourth-order valence-corrected chi connectivity index (χ4v) is 1.52. The van der Waals surface area contributed by atoms with Crippen LogP contribution in [0.1, 0.15) is 0 Å². The molecule has 0 unspecified atom stereocenters. The van der Waals surface area contributed by atoms with Crippen molar-refractivity contribution in [3.05, 3.63) is 44.9 Å². The molecule has 0 atom stereocenters. The van der Waals surface area contributed by atoms with Crippen molar-refractivity contribution in [1.82, 2.24) is 9.78 Å². The van der Waals surface area contributed by atoms with Crippen molar-refractivity contribution in [2.75, 3.05) is 0 Å². The van der Waals surface area contributed by atoms with E-state index in [-0.39, 0.29) is 18.1 Å². The molecule has 2 rings (SSSR count). The fraction of sp³-hybridized carbons (Fsp3) is 0.0909. The van der Waals surface area contributed by atoms with Gasteiger partial charge in [0, 0.05) is 40.3 Å². The molecule has 0 radical (unpaired) electrons. The van der Waals surface area contributed by atoms with Gasteiger partial charge in [0.15, 0.2) is 0 Å². The molecule has 7 nitrogen and oxygen atoms in total. The van der Waals surface area contributed by atoms with Crippen LogP contribution < -0.4 is 5.76 Å². The van der Waals surface area contributed by atoms with Crippen molar-refractivity contribution in [3.8, 4) is 21.3 Å². The Hall–Kier alpha value is -2.15. The number of benzene rings is 1. The van der Waals surface area contributed by atoms with Crippen LogP contribution in [0.15, 0.2) is 33.5 Å². The summed E-state index contributed by atoms with van der Waals surface area (Å²) in [5.41, 5.74) is 0.449. The van der Waals surface area contributed by atoms with E-state index in [2.05, 4.69) is 14.9 Å². The van der Waals surface area contributed by atoms with E-state index >= 15 is 0 Å². The van der Waals surface area contributed by atoms with E-state index in [4.69, 9.17) is 4.42 Å². The number of nitro benzene ring substituents is 1. The molecule has 1 aromatic carbocycles. The van der Waals surface area contributed by atoms with Crippen LogP contribution in [0.3, 0.4) is 0 Å². The average molecular weight is 371 g/mol. The molecular formula is C11H6IN3O4. The zero-order valence-electron chi connectivity index (χ0n) is 9.37. The number of non-ortho nitro benzene ring substituents is 1. The first-order valence-electron chi connectivity index (χ1n) is 5.03. The highest BCUT2D eigenvalue weighted by molar-refractivity contribution is 14.1. The van der Waals surface area contributed by atoms with Crippen molar-refractivity contribution < 1.29 is 9.34 Å². The Balaban J connectivity index is 2.33. The molecule has 0 bridgehead atoms. The van der Waals surface area contributed by atoms with Gasteiger partial charge in [0.1, 0.15) is 6.54 Å². The van der Waals surface area contributed by atoms with Crippen molar-refractivity contribution in [3.63, 3.8) is 0 Å². The Kier molecular flexibility index (Phi) is 3.96. The smallest absolute Gasteiger partial charge is 0.388 e. The summed E-state index contributed by atoms with van der Waals surface area (Å²) in [6.45, 7) is 0.137. The second-order valence-corrected chi connectivity index (χ2v) is 3.95. The monoisotopic (exact) mass is 371 g/mol. The zero-order valence-corrected chi connectivity index (χ0v) is 11.5. The number of rotatable bonds is 3. The Morgan fingerprint density at radius 1 is 1.42 bits per heavy atom. The van der Waals surface area contributed by atoms with Crippen LogP contribution in [0.2, 0.25) is 0 Å². The maximum atomic E-state index is 11.4. The number of hydrogen-bond donors (Lipinski definition) is 0. The molecule has 0 aliphatic carbocycles. The van der Waals surface area contributed by atoms with E-state index in [0.29, 0.717) is 5.56 Å². The van der Waals surface area contributed by atoms with Crippen LogP contribution in [-0.2, 0) is 6.54 Å². The molecular weight excluding hydrogens is 365 g/mol.